The zero-order valence-electron chi connectivity index (χ0n) is 11.4. The van der Waals surface area contributed by atoms with Crippen LogP contribution in [-0.2, 0) is 4.79 Å². The minimum absolute atomic E-state index is 0.170. The molecule has 0 saturated carbocycles. The van der Waals surface area contributed by atoms with Crippen molar-refractivity contribution in [2.45, 2.75) is 6.17 Å². The lowest BCUT2D eigenvalue weighted by Gasteiger charge is -2.11. The Bertz CT molecular complexity index is 713. The van der Waals surface area contributed by atoms with E-state index in [4.69, 9.17) is 0 Å². The molecular weight excluding hydrogens is 330 g/mol. The third kappa shape index (κ3) is 2.62. The topological polar surface area (TPSA) is 53.5 Å². The maximum absolute atomic E-state index is 12.2. The number of halogens is 1. The van der Waals surface area contributed by atoms with E-state index in [9.17, 15) is 4.79 Å². The fourth-order valence-electron chi connectivity index (χ4n) is 2.32. The van der Waals surface area contributed by atoms with Gasteiger partial charge in [0.15, 0.2) is 6.17 Å². The molecule has 1 heterocycles. The average Bonchev–Trinajstić information content (AvgIpc) is 2.65. The van der Waals surface area contributed by atoms with Crippen molar-refractivity contribution in [1.82, 2.24) is 5.32 Å². The zero-order chi connectivity index (χ0) is 14.8. The van der Waals surface area contributed by atoms with Crippen LogP contribution in [0.2, 0.25) is 0 Å². The van der Waals surface area contributed by atoms with Crippen LogP contribution in [0.4, 0.5) is 5.69 Å². The third-order valence-corrected chi connectivity index (χ3v) is 4.00. The number of benzodiazepines with no additional fused rings is 1. The van der Waals surface area contributed by atoms with E-state index in [-0.39, 0.29) is 5.91 Å². The number of likely N-dealkylation sites (N-methyl/N-ethyl adjacent to an activating group) is 1. The van der Waals surface area contributed by atoms with Gasteiger partial charge in [0.2, 0.25) is 0 Å². The van der Waals surface area contributed by atoms with E-state index >= 15 is 0 Å². The second-order valence-corrected chi connectivity index (χ2v) is 5.54. The quantitative estimate of drug-likeness (QED) is 0.880. The number of hydrogen-bond donors (Lipinski definition) is 2. The molecule has 4 nitrogen and oxygen atoms in total. The first kappa shape index (κ1) is 14.0. The van der Waals surface area contributed by atoms with Gasteiger partial charge in [-0.3, -0.25) is 15.1 Å². The van der Waals surface area contributed by atoms with Crippen LogP contribution in [0.5, 0.6) is 0 Å². The molecule has 1 amide bonds. The molecule has 0 radical (unpaired) electrons. The van der Waals surface area contributed by atoms with Gasteiger partial charge in [-0.05, 0) is 29.0 Å². The van der Waals surface area contributed by atoms with Gasteiger partial charge in [-0.2, -0.15) is 0 Å². The minimum Gasteiger partial charge on any atom is -0.321 e. The largest absolute Gasteiger partial charge is 0.321 e. The van der Waals surface area contributed by atoms with E-state index < -0.39 is 6.17 Å². The molecule has 5 heteroatoms. The lowest BCUT2D eigenvalue weighted by Crippen LogP contribution is -2.36. The van der Waals surface area contributed by atoms with Crippen LogP contribution in [0.3, 0.4) is 0 Å². The molecule has 0 aliphatic carbocycles. The van der Waals surface area contributed by atoms with Gasteiger partial charge in [0.05, 0.1) is 11.4 Å². The molecule has 2 aromatic carbocycles. The van der Waals surface area contributed by atoms with Crippen molar-refractivity contribution in [3.8, 4) is 0 Å². The first-order valence-corrected chi connectivity index (χ1v) is 7.40. The summed E-state index contributed by atoms with van der Waals surface area (Å²) in [5.41, 5.74) is 3.43. The number of benzene rings is 2. The molecule has 0 bridgehead atoms. The van der Waals surface area contributed by atoms with Gasteiger partial charge in [-0.1, -0.05) is 42.5 Å². The fraction of sp³-hybridized carbons (Fsp3) is 0.125. The van der Waals surface area contributed by atoms with Crippen LogP contribution in [0.1, 0.15) is 11.1 Å². The van der Waals surface area contributed by atoms with Gasteiger partial charge < -0.3 is 5.32 Å². The van der Waals surface area contributed by atoms with Crippen molar-refractivity contribution in [3.05, 3.63) is 64.1 Å². The molecule has 21 heavy (non-hydrogen) atoms. The molecule has 106 valence electrons. The number of rotatable bonds is 2. The number of aliphatic imine (C=N–C) groups is 1. The van der Waals surface area contributed by atoms with E-state index in [1.165, 1.54) is 0 Å². The SMILES string of the molecule is CNC1N=C(c2ccccc2)c2cccc(Br)c2NC1=O. The summed E-state index contributed by atoms with van der Waals surface area (Å²) in [6.07, 6.45) is -0.612. The van der Waals surface area contributed by atoms with Crippen molar-refractivity contribution in [3.63, 3.8) is 0 Å². The Morgan fingerprint density at radius 1 is 1.14 bits per heavy atom. The maximum Gasteiger partial charge on any atom is 0.264 e. The van der Waals surface area contributed by atoms with E-state index in [1.807, 2.05) is 48.5 Å². The van der Waals surface area contributed by atoms with Gasteiger partial charge in [0.1, 0.15) is 0 Å². The van der Waals surface area contributed by atoms with Crippen LogP contribution in [0.15, 0.2) is 58.0 Å². The molecule has 1 aliphatic heterocycles. The highest BCUT2D eigenvalue weighted by Crippen LogP contribution is 2.30. The molecule has 0 saturated heterocycles. The number of carbonyl (C=O) groups excluding carboxylic acids is 1. The lowest BCUT2D eigenvalue weighted by atomic mass is 10.0. The molecule has 0 spiro atoms. The summed E-state index contributed by atoms with van der Waals surface area (Å²) in [7, 11) is 1.72. The molecule has 0 aromatic heterocycles. The molecule has 0 fully saturated rings. The average molecular weight is 344 g/mol. The Kier molecular flexibility index (Phi) is 3.86. The summed E-state index contributed by atoms with van der Waals surface area (Å²) in [5.74, 6) is -0.170. The summed E-state index contributed by atoms with van der Waals surface area (Å²) in [4.78, 5) is 16.8. The monoisotopic (exact) mass is 343 g/mol. The van der Waals surface area contributed by atoms with Crippen molar-refractivity contribution in [2.24, 2.45) is 4.99 Å². The van der Waals surface area contributed by atoms with E-state index in [1.54, 1.807) is 7.05 Å². The summed E-state index contributed by atoms with van der Waals surface area (Å²) in [6.45, 7) is 0. The highest BCUT2D eigenvalue weighted by Gasteiger charge is 2.25. The number of nitrogens with zero attached hydrogens (tertiary/aromatic N) is 1. The van der Waals surface area contributed by atoms with Crippen LogP contribution >= 0.6 is 15.9 Å². The summed E-state index contributed by atoms with van der Waals surface area (Å²) < 4.78 is 0.841. The number of nitrogens with one attached hydrogen (secondary N) is 2. The van der Waals surface area contributed by atoms with Crippen LogP contribution in [-0.4, -0.2) is 24.8 Å². The van der Waals surface area contributed by atoms with Gasteiger partial charge in [0.25, 0.3) is 5.91 Å². The van der Waals surface area contributed by atoms with Crippen molar-refractivity contribution < 1.29 is 4.79 Å². The number of amides is 1. The molecule has 2 N–H and O–H groups in total. The second-order valence-electron chi connectivity index (χ2n) is 4.69. The van der Waals surface area contributed by atoms with E-state index in [0.29, 0.717) is 0 Å². The van der Waals surface area contributed by atoms with Gasteiger partial charge in [-0.25, -0.2) is 0 Å². The van der Waals surface area contributed by atoms with E-state index in [0.717, 1.165) is 27.0 Å². The Labute approximate surface area is 131 Å². The fourth-order valence-corrected chi connectivity index (χ4v) is 2.78. The van der Waals surface area contributed by atoms with Crippen LogP contribution in [0.25, 0.3) is 0 Å². The minimum atomic E-state index is -0.612. The Morgan fingerprint density at radius 3 is 2.62 bits per heavy atom. The van der Waals surface area contributed by atoms with E-state index in [2.05, 4.69) is 31.6 Å². The first-order chi connectivity index (χ1) is 10.2. The van der Waals surface area contributed by atoms with Gasteiger partial charge >= 0.3 is 0 Å². The standard InChI is InChI=1S/C16H14BrN3O/c1-18-15-16(21)20-14-11(8-5-9-12(14)17)13(19-15)10-6-3-2-4-7-10/h2-9,15,18H,1H3,(H,20,21). The molecule has 1 unspecified atom stereocenters. The number of anilines is 1. The van der Waals surface area contributed by atoms with Crippen LogP contribution < -0.4 is 10.6 Å². The maximum atomic E-state index is 12.2. The highest BCUT2D eigenvalue weighted by atomic mass is 79.9. The Hall–Kier alpha value is -1.98. The number of hydrogen-bond acceptors (Lipinski definition) is 3. The second kappa shape index (κ2) is 5.79. The number of fused-ring (bicyclic) bond motifs is 1. The molecule has 1 atom stereocenters. The first-order valence-electron chi connectivity index (χ1n) is 6.61. The smallest absolute Gasteiger partial charge is 0.264 e. The molecule has 1 aliphatic rings. The van der Waals surface area contributed by atoms with Gasteiger partial charge in [-0.15, -0.1) is 0 Å². The zero-order valence-corrected chi connectivity index (χ0v) is 13.0. The predicted molar refractivity (Wildman–Crippen MR) is 87.7 cm³/mol. The Morgan fingerprint density at radius 2 is 1.90 bits per heavy atom. The lowest BCUT2D eigenvalue weighted by molar-refractivity contribution is -0.117. The molecule has 3 rings (SSSR count). The molecule has 2 aromatic rings. The number of carbonyl (C=O) groups is 1. The predicted octanol–water partition coefficient (Wildman–Crippen LogP) is 2.78. The third-order valence-electron chi connectivity index (χ3n) is 3.34. The molecular formula is C16H14BrN3O. The summed E-state index contributed by atoms with van der Waals surface area (Å²) >= 11 is 3.50. The van der Waals surface area contributed by atoms with Crippen molar-refractivity contribution in [2.75, 3.05) is 12.4 Å². The highest BCUT2D eigenvalue weighted by molar-refractivity contribution is 9.10. The number of para-hydroxylation sites is 1. The summed E-state index contributed by atoms with van der Waals surface area (Å²) in [6, 6.07) is 15.7. The van der Waals surface area contributed by atoms with Crippen LogP contribution in [0, 0.1) is 0 Å². The summed E-state index contributed by atoms with van der Waals surface area (Å²) in [5, 5.41) is 5.86. The van der Waals surface area contributed by atoms with Crippen molar-refractivity contribution >= 4 is 33.2 Å². The Balaban J connectivity index is 2.24. The van der Waals surface area contributed by atoms with Crippen molar-refractivity contribution in [1.29, 1.82) is 0 Å². The van der Waals surface area contributed by atoms with Gasteiger partial charge in [0, 0.05) is 15.6 Å². The normalized spacial score (nSPS) is 17.5.